The Kier molecular flexibility index (Phi) is 4.86. The number of aliphatic hydroxyl groups excluding tert-OH is 1. The third-order valence-electron chi connectivity index (χ3n) is 3.73. The predicted molar refractivity (Wildman–Crippen MR) is 85.3 cm³/mol. The van der Waals surface area contributed by atoms with Crippen LogP contribution in [0.5, 0.6) is 0 Å². The van der Waals surface area contributed by atoms with Crippen LogP contribution in [0.2, 0.25) is 5.02 Å². The highest BCUT2D eigenvalue weighted by Crippen LogP contribution is 2.34. The van der Waals surface area contributed by atoms with E-state index in [2.05, 4.69) is 0 Å². The summed E-state index contributed by atoms with van der Waals surface area (Å²) < 4.78 is 14.2. The van der Waals surface area contributed by atoms with Crippen molar-refractivity contribution in [3.63, 3.8) is 0 Å². The maximum absolute atomic E-state index is 14.2. The highest BCUT2D eigenvalue weighted by atomic mass is 35.5. The smallest absolute Gasteiger partial charge is 0.146 e. The van der Waals surface area contributed by atoms with Crippen LogP contribution in [0.3, 0.4) is 0 Å². The molecule has 112 valence electrons. The molecule has 2 nitrogen and oxygen atoms in total. The van der Waals surface area contributed by atoms with E-state index in [0.29, 0.717) is 16.3 Å². The fourth-order valence-electron chi connectivity index (χ4n) is 2.42. The summed E-state index contributed by atoms with van der Waals surface area (Å²) in [5.74, 6) is -0.343. The van der Waals surface area contributed by atoms with Crippen molar-refractivity contribution in [1.82, 2.24) is 0 Å². The molecule has 2 rings (SSSR count). The predicted octanol–water partition coefficient (Wildman–Crippen LogP) is 4.73. The highest BCUT2D eigenvalue weighted by molar-refractivity contribution is 6.30. The van der Waals surface area contributed by atoms with E-state index >= 15 is 0 Å². The molecular formula is C17H19ClFNO. The zero-order valence-corrected chi connectivity index (χ0v) is 13.1. The first-order valence-electron chi connectivity index (χ1n) is 6.86. The maximum atomic E-state index is 14.2. The lowest BCUT2D eigenvalue weighted by molar-refractivity contribution is 0.199. The van der Waals surface area contributed by atoms with Crippen LogP contribution in [0.15, 0.2) is 42.5 Å². The summed E-state index contributed by atoms with van der Waals surface area (Å²) in [6, 6.07) is 12.2. The SMILES string of the molecule is CC(O)c1cccc(F)c1N(C)C(C)c1cccc(Cl)c1. The van der Waals surface area contributed by atoms with Gasteiger partial charge in [0, 0.05) is 17.6 Å². The Hall–Kier alpha value is -1.58. The van der Waals surface area contributed by atoms with Gasteiger partial charge in [-0.3, -0.25) is 0 Å². The summed E-state index contributed by atoms with van der Waals surface area (Å²) in [6.07, 6.45) is -0.732. The van der Waals surface area contributed by atoms with Gasteiger partial charge < -0.3 is 10.0 Å². The molecule has 0 heterocycles. The molecule has 0 aliphatic rings. The minimum absolute atomic E-state index is 0.0712. The first-order chi connectivity index (χ1) is 9.91. The molecule has 0 aromatic heterocycles. The molecule has 0 fully saturated rings. The van der Waals surface area contributed by atoms with E-state index in [1.807, 2.05) is 43.1 Å². The van der Waals surface area contributed by atoms with Crippen LogP contribution in [0.25, 0.3) is 0 Å². The molecule has 2 aromatic carbocycles. The Morgan fingerprint density at radius 1 is 1.14 bits per heavy atom. The summed E-state index contributed by atoms with van der Waals surface area (Å²) in [4.78, 5) is 1.82. The average molecular weight is 308 g/mol. The number of aliphatic hydroxyl groups is 1. The molecule has 21 heavy (non-hydrogen) atoms. The number of anilines is 1. The fourth-order valence-corrected chi connectivity index (χ4v) is 2.62. The first-order valence-corrected chi connectivity index (χ1v) is 7.24. The number of hydrogen-bond donors (Lipinski definition) is 1. The number of rotatable bonds is 4. The van der Waals surface area contributed by atoms with Crippen molar-refractivity contribution in [3.05, 3.63) is 64.4 Å². The van der Waals surface area contributed by atoms with E-state index in [4.69, 9.17) is 11.6 Å². The Balaban J connectivity index is 2.42. The Morgan fingerprint density at radius 2 is 1.81 bits per heavy atom. The van der Waals surface area contributed by atoms with Crippen LogP contribution < -0.4 is 4.90 Å². The average Bonchev–Trinajstić information content (AvgIpc) is 2.45. The lowest BCUT2D eigenvalue weighted by atomic mass is 10.0. The van der Waals surface area contributed by atoms with Gasteiger partial charge in [-0.15, -0.1) is 0 Å². The lowest BCUT2D eigenvalue weighted by Gasteiger charge is -2.30. The van der Waals surface area contributed by atoms with Crippen LogP contribution in [-0.4, -0.2) is 12.2 Å². The van der Waals surface area contributed by atoms with E-state index in [1.165, 1.54) is 6.07 Å². The normalized spacial score (nSPS) is 13.8. The molecule has 0 radical (unpaired) electrons. The molecule has 2 atom stereocenters. The standard InChI is InChI=1S/C17H19ClFNO/c1-11(13-6-4-7-14(18)10-13)20(3)17-15(12(2)21)8-5-9-16(17)19/h4-12,21H,1-3H3. The monoisotopic (exact) mass is 307 g/mol. The van der Waals surface area contributed by atoms with Crippen LogP contribution in [0.1, 0.15) is 37.1 Å². The van der Waals surface area contributed by atoms with E-state index in [0.717, 1.165) is 5.56 Å². The van der Waals surface area contributed by atoms with Gasteiger partial charge in [0.1, 0.15) is 5.82 Å². The highest BCUT2D eigenvalue weighted by Gasteiger charge is 2.21. The third-order valence-corrected chi connectivity index (χ3v) is 3.97. The number of nitrogens with zero attached hydrogens (tertiary/aromatic N) is 1. The van der Waals surface area contributed by atoms with Crippen molar-refractivity contribution in [1.29, 1.82) is 0 Å². The van der Waals surface area contributed by atoms with Crippen molar-refractivity contribution in [3.8, 4) is 0 Å². The minimum Gasteiger partial charge on any atom is -0.389 e. The summed E-state index contributed by atoms with van der Waals surface area (Å²) >= 11 is 6.02. The summed E-state index contributed by atoms with van der Waals surface area (Å²) in [6.45, 7) is 3.61. The molecule has 0 bridgehead atoms. The largest absolute Gasteiger partial charge is 0.389 e. The molecule has 0 spiro atoms. The molecule has 2 aromatic rings. The summed E-state index contributed by atoms with van der Waals surface area (Å²) in [7, 11) is 1.82. The van der Waals surface area contributed by atoms with Crippen molar-refractivity contribution >= 4 is 17.3 Å². The van der Waals surface area contributed by atoms with Gasteiger partial charge in [-0.2, -0.15) is 0 Å². The van der Waals surface area contributed by atoms with Gasteiger partial charge in [-0.1, -0.05) is 35.9 Å². The number of benzene rings is 2. The molecule has 1 N–H and O–H groups in total. The second-order valence-corrected chi connectivity index (χ2v) is 5.63. The molecule has 0 aliphatic carbocycles. The number of halogens is 2. The fraction of sp³-hybridized carbons (Fsp3) is 0.294. The zero-order valence-electron chi connectivity index (χ0n) is 12.3. The van der Waals surface area contributed by atoms with Crippen LogP contribution in [-0.2, 0) is 0 Å². The number of hydrogen-bond acceptors (Lipinski definition) is 2. The third kappa shape index (κ3) is 3.36. The van der Waals surface area contributed by atoms with Gasteiger partial charge in [-0.25, -0.2) is 4.39 Å². The Bertz CT molecular complexity index is 630. The first kappa shape index (κ1) is 15.8. The van der Waals surface area contributed by atoms with Crippen molar-refractivity contribution in [2.75, 3.05) is 11.9 Å². The van der Waals surface area contributed by atoms with Gasteiger partial charge >= 0.3 is 0 Å². The molecule has 4 heteroatoms. The van der Waals surface area contributed by atoms with Crippen molar-refractivity contribution in [2.24, 2.45) is 0 Å². The van der Waals surface area contributed by atoms with Gasteiger partial charge in [-0.05, 0) is 37.6 Å². The summed E-state index contributed by atoms with van der Waals surface area (Å²) in [5, 5.41) is 10.5. The number of para-hydroxylation sites is 1. The topological polar surface area (TPSA) is 23.5 Å². The summed E-state index contributed by atoms with van der Waals surface area (Å²) in [5.41, 5.74) is 1.98. The van der Waals surface area contributed by atoms with Gasteiger partial charge in [0.15, 0.2) is 0 Å². The molecule has 0 saturated heterocycles. The van der Waals surface area contributed by atoms with E-state index in [9.17, 15) is 9.50 Å². The molecule has 2 unspecified atom stereocenters. The Labute approximate surface area is 129 Å². The van der Waals surface area contributed by atoms with Gasteiger partial charge in [0.25, 0.3) is 0 Å². The van der Waals surface area contributed by atoms with Crippen LogP contribution in [0.4, 0.5) is 10.1 Å². The Morgan fingerprint density at radius 3 is 2.43 bits per heavy atom. The second-order valence-electron chi connectivity index (χ2n) is 5.20. The van der Waals surface area contributed by atoms with E-state index in [1.54, 1.807) is 19.1 Å². The van der Waals surface area contributed by atoms with Crippen molar-refractivity contribution in [2.45, 2.75) is 26.0 Å². The van der Waals surface area contributed by atoms with Gasteiger partial charge in [0.05, 0.1) is 17.8 Å². The minimum atomic E-state index is -0.732. The van der Waals surface area contributed by atoms with Crippen molar-refractivity contribution < 1.29 is 9.50 Å². The molecule has 0 saturated carbocycles. The molecule has 0 amide bonds. The molecular weight excluding hydrogens is 289 g/mol. The zero-order chi connectivity index (χ0) is 15.6. The van der Waals surface area contributed by atoms with Crippen LogP contribution in [0, 0.1) is 5.82 Å². The molecule has 0 aliphatic heterocycles. The van der Waals surface area contributed by atoms with Gasteiger partial charge in [0.2, 0.25) is 0 Å². The maximum Gasteiger partial charge on any atom is 0.146 e. The van der Waals surface area contributed by atoms with E-state index < -0.39 is 6.10 Å². The quantitative estimate of drug-likeness (QED) is 0.882. The van der Waals surface area contributed by atoms with Crippen LogP contribution >= 0.6 is 11.6 Å². The second kappa shape index (κ2) is 6.46. The lowest BCUT2D eigenvalue weighted by Crippen LogP contribution is -2.24. The van der Waals surface area contributed by atoms with E-state index in [-0.39, 0.29) is 11.9 Å².